The first-order chi connectivity index (χ1) is 6.38. The molecule has 0 aromatic heterocycles. The molecule has 14 heavy (non-hydrogen) atoms. The molecular formula is C6H12N2O5S. The van der Waals surface area contributed by atoms with Gasteiger partial charge in [0.15, 0.2) is 6.10 Å². The van der Waals surface area contributed by atoms with Crippen LogP contribution in [0.25, 0.3) is 0 Å². The summed E-state index contributed by atoms with van der Waals surface area (Å²) >= 11 is 0. The molecule has 2 unspecified atom stereocenters. The molecule has 1 heterocycles. The Labute approximate surface area is 81.4 Å². The Balaban J connectivity index is 2.33. The van der Waals surface area contributed by atoms with Gasteiger partial charge in [-0.15, -0.1) is 0 Å². The Morgan fingerprint density at radius 1 is 1.57 bits per heavy atom. The first-order valence-corrected chi connectivity index (χ1v) is 5.59. The van der Waals surface area contributed by atoms with Crippen molar-refractivity contribution < 1.29 is 23.1 Å². The minimum absolute atomic E-state index is 0.0165. The maximum absolute atomic E-state index is 10.5. The van der Waals surface area contributed by atoms with Gasteiger partial charge in [0.05, 0.1) is 6.10 Å². The lowest BCUT2D eigenvalue weighted by Crippen LogP contribution is -2.37. The van der Waals surface area contributed by atoms with Crippen molar-refractivity contribution in [3.05, 3.63) is 0 Å². The first-order valence-electron chi connectivity index (χ1n) is 4.04. The molecule has 0 saturated carbocycles. The number of nitrogens with two attached hydrogens (primary N) is 1. The predicted octanol–water partition coefficient (Wildman–Crippen LogP) is -1.59. The molecule has 0 radical (unpaired) electrons. The third kappa shape index (κ3) is 3.58. The van der Waals surface area contributed by atoms with Crippen LogP contribution in [0.2, 0.25) is 0 Å². The summed E-state index contributed by atoms with van der Waals surface area (Å²) in [6.45, 7) is 0.0165. The van der Waals surface area contributed by atoms with E-state index in [1.807, 2.05) is 0 Å². The minimum atomic E-state index is -3.73. The Morgan fingerprint density at radius 2 is 2.21 bits per heavy atom. The fraction of sp³-hybridized carbons (Fsp3) is 0.833. The average Bonchev–Trinajstić information content (AvgIpc) is 2.47. The Kier molecular flexibility index (Phi) is 3.43. The van der Waals surface area contributed by atoms with Gasteiger partial charge < -0.3 is 9.84 Å². The highest BCUT2D eigenvalue weighted by atomic mass is 32.2. The normalized spacial score (nSPS) is 27.8. The van der Waals surface area contributed by atoms with Crippen molar-refractivity contribution >= 4 is 16.2 Å². The van der Waals surface area contributed by atoms with Crippen molar-refractivity contribution in [2.45, 2.75) is 25.0 Å². The summed E-state index contributed by atoms with van der Waals surface area (Å²) in [4.78, 5) is 10.5. The van der Waals surface area contributed by atoms with Crippen LogP contribution in [0.5, 0.6) is 0 Å². The molecule has 0 aliphatic carbocycles. The van der Waals surface area contributed by atoms with Crippen molar-refractivity contribution in [1.82, 2.24) is 4.72 Å². The van der Waals surface area contributed by atoms with E-state index in [1.165, 1.54) is 0 Å². The molecule has 82 valence electrons. The lowest BCUT2D eigenvalue weighted by atomic mass is 10.2. The van der Waals surface area contributed by atoms with Gasteiger partial charge in [-0.05, 0) is 12.8 Å². The molecule has 1 aliphatic rings. The number of carboxylic acids is 1. The van der Waals surface area contributed by atoms with Crippen molar-refractivity contribution in [2.24, 2.45) is 5.14 Å². The van der Waals surface area contributed by atoms with Crippen LogP contribution in [0.15, 0.2) is 0 Å². The van der Waals surface area contributed by atoms with E-state index in [2.05, 4.69) is 4.72 Å². The van der Waals surface area contributed by atoms with Crippen LogP contribution in [0.3, 0.4) is 0 Å². The largest absolute Gasteiger partial charge is 0.479 e. The van der Waals surface area contributed by atoms with Crippen LogP contribution in [0.4, 0.5) is 0 Å². The molecule has 7 nitrogen and oxygen atoms in total. The lowest BCUT2D eigenvalue weighted by molar-refractivity contribution is -0.149. The molecule has 0 aromatic carbocycles. The Bertz CT molecular complexity index is 314. The van der Waals surface area contributed by atoms with Crippen LogP contribution in [-0.2, 0) is 19.7 Å². The van der Waals surface area contributed by atoms with Gasteiger partial charge in [-0.3, -0.25) is 0 Å². The molecule has 4 N–H and O–H groups in total. The molecular weight excluding hydrogens is 212 g/mol. The summed E-state index contributed by atoms with van der Waals surface area (Å²) in [5.74, 6) is -1.02. The molecule has 0 spiro atoms. The molecule has 0 amide bonds. The minimum Gasteiger partial charge on any atom is -0.479 e. The van der Waals surface area contributed by atoms with Crippen molar-refractivity contribution in [3.8, 4) is 0 Å². The van der Waals surface area contributed by atoms with Crippen LogP contribution >= 0.6 is 0 Å². The number of carbonyl (C=O) groups is 1. The van der Waals surface area contributed by atoms with Gasteiger partial charge in [0.1, 0.15) is 0 Å². The van der Waals surface area contributed by atoms with Gasteiger partial charge in [0.2, 0.25) is 0 Å². The van der Waals surface area contributed by atoms with Gasteiger partial charge in [-0.25, -0.2) is 9.93 Å². The fourth-order valence-electron chi connectivity index (χ4n) is 1.25. The fourth-order valence-corrected chi connectivity index (χ4v) is 1.66. The number of hydrogen-bond donors (Lipinski definition) is 3. The van der Waals surface area contributed by atoms with E-state index in [0.29, 0.717) is 12.8 Å². The van der Waals surface area contributed by atoms with E-state index < -0.39 is 28.4 Å². The summed E-state index contributed by atoms with van der Waals surface area (Å²) < 4.78 is 28.1. The molecule has 1 rings (SSSR count). The molecule has 1 fully saturated rings. The maximum atomic E-state index is 10.5. The standard InChI is InChI=1S/C6H12N2O5S/c7-14(11,12)8-3-4-1-2-5(13-4)6(9)10/h4-5,8H,1-3H2,(H,9,10)(H2,7,11,12). The van der Waals surface area contributed by atoms with Gasteiger partial charge in [-0.1, -0.05) is 0 Å². The first kappa shape index (κ1) is 11.4. The average molecular weight is 224 g/mol. The van der Waals surface area contributed by atoms with Gasteiger partial charge in [0.25, 0.3) is 10.2 Å². The number of ether oxygens (including phenoxy) is 1. The van der Waals surface area contributed by atoms with Crippen molar-refractivity contribution in [3.63, 3.8) is 0 Å². The number of hydrogen-bond acceptors (Lipinski definition) is 4. The second-order valence-electron chi connectivity index (χ2n) is 3.06. The van der Waals surface area contributed by atoms with E-state index in [0.717, 1.165) is 0 Å². The third-order valence-corrected chi connectivity index (χ3v) is 2.46. The predicted molar refractivity (Wildman–Crippen MR) is 46.6 cm³/mol. The van der Waals surface area contributed by atoms with Crippen LogP contribution < -0.4 is 9.86 Å². The molecule has 0 aromatic rings. The number of aliphatic carboxylic acids is 1. The molecule has 1 saturated heterocycles. The quantitative estimate of drug-likeness (QED) is 0.532. The number of rotatable bonds is 4. The SMILES string of the molecule is NS(=O)(=O)NCC1CCC(C(=O)O)O1. The molecule has 0 bridgehead atoms. The highest BCUT2D eigenvalue weighted by Crippen LogP contribution is 2.19. The second-order valence-corrected chi connectivity index (χ2v) is 4.43. The Morgan fingerprint density at radius 3 is 2.64 bits per heavy atom. The van der Waals surface area contributed by atoms with Crippen molar-refractivity contribution in [1.29, 1.82) is 0 Å². The van der Waals surface area contributed by atoms with Gasteiger partial charge in [0, 0.05) is 6.54 Å². The summed E-state index contributed by atoms with van der Waals surface area (Å²) in [7, 11) is -3.73. The molecule has 2 atom stereocenters. The van der Waals surface area contributed by atoms with E-state index in [9.17, 15) is 13.2 Å². The van der Waals surface area contributed by atoms with Gasteiger partial charge >= 0.3 is 5.97 Å². The number of carboxylic acid groups (broad SMARTS) is 1. The van der Waals surface area contributed by atoms with E-state index in [-0.39, 0.29) is 6.54 Å². The summed E-state index contributed by atoms with van der Waals surface area (Å²) in [5, 5.41) is 13.3. The zero-order chi connectivity index (χ0) is 10.8. The smallest absolute Gasteiger partial charge is 0.332 e. The van der Waals surface area contributed by atoms with Crippen LogP contribution in [0.1, 0.15) is 12.8 Å². The van der Waals surface area contributed by atoms with Crippen molar-refractivity contribution in [2.75, 3.05) is 6.54 Å². The maximum Gasteiger partial charge on any atom is 0.332 e. The second kappa shape index (κ2) is 4.22. The highest BCUT2D eigenvalue weighted by Gasteiger charge is 2.30. The molecule has 1 aliphatic heterocycles. The monoisotopic (exact) mass is 224 g/mol. The lowest BCUT2D eigenvalue weighted by Gasteiger charge is -2.10. The highest BCUT2D eigenvalue weighted by molar-refractivity contribution is 7.87. The molecule has 8 heteroatoms. The van der Waals surface area contributed by atoms with E-state index in [1.54, 1.807) is 0 Å². The van der Waals surface area contributed by atoms with Crippen LogP contribution in [0, 0.1) is 0 Å². The van der Waals surface area contributed by atoms with E-state index in [4.69, 9.17) is 15.0 Å². The summed E-state index contributed by atoms with van der Waals surface area (Å²) in [6, 6.07) is 0. The topological polar surface area (TPSA) is 119 Å². The zero-order valence-corrected chi connectivity index (χ0v) is 8.16. The number of nitrogens with one attached hydrogen (secondary N) is 1. The van der Waals surface area contributed by atoms with E-state index >= 15 is 0 Å². The van der Waals surface area contributed by atoms with Gasteiger partial charge in [-0.2, -0.15) is 13.1 Å². The summed E-state index contributed by atoms with van der Waals surface area (Å²) in [6.07, 6.45) is -0.331. The zero-order valence-electron chi connectivity index (χ0n) is 7.34. The third-order valence-electron chi connectivity index (χ3n) is 1.90. The summed E-state index contributed by atoms with van der Waals surface area (Å²) in [5.41, 5.74) is 0. The Hall–Kier alpha value is -0.700. The van der Waals surface area contributed by atoms with Crippen LogP contribution in [-0.4, -0.2) is 38.2 Å².